The summed E-state index contributed by atoms with van der Waals surface area (Å²) in [7, 11) is 0. The van der Waals surface area contributed by atoms with Crippen molar-refractivity contribution in [2.45, 2.75) is 51.9 Å². The summed E-state index contributed by atoms with van der Waals surface area (Å²) in [6.45, 7) is 5.96. The SMILES string of the molecule is CCc1cc(CCN2CCCC2=O)nc(N2CCCCC2)n1. The van der Waals surface area contributed by atoms with E-state index in [0.29, 0.717) is 12.3 Å². The first-order valence-corrected chi connectivity index (χ1v) is 8.66. The summed E-state index contributed by atoms with van der Waals surface area (Å²) in [5, 5.41) is 0. The van der Waals surface area contributed by atoms with Crippen molar-refractivity contribution in [1.82, 2.24) is 14.9 Å². The molecule has 0 bridgehead atoms. The van der Waals surface area contributed by atoms with E-state index in [1.165, 1.54) is 19.3 Å². The van der Waals surface area contributed by atoms with Crippen LogP contribution in [0.3, 0.4) is 0 Å². The highest BCUT2D eigenvalue weighted by atomic mass is 16.2. The van der Waals surface area contributed by atoms with E-state index < -0.39 is 0 Å². The number of rotatable bonds is 5. The maximum atomic E-state index is 11.7. The number of hydrogen-bond donors (Lipinski definition) is 0. The molecule has 3 heterocycles. The first kappa shape index (κ1) is 15.3. The molecule has 0 radical (unpaired) electrons. The first-order valence-electron chi connectivity index (χ1n) is 8.66. The summed E-state index contributed by atoms with van der Waals surface area (Å²) < 4.78 is 0. The fourth-order valence-corrected chi connectivity index (χ4v) is 3.27. The molecular formula is C17H26N4O. The molecule has 120 valence electrons. The number of aromatic nitrogens is 2. The zero-order valence-corrected chi connectivity index (χ0v) is 13.6. The summed E-state index contributed by atoms with van der Waals surface area (Å²) in [5.41, 5.74) is 2.19. The topological polar surface area (TPSA) is 49.3 Å². The lowest BCUT2D eigenvalue weighted by Gasteiger charge is -2.27. The zero-order valence-electron chi connectivity index (χ0n) is 13.6. The molecule has 0 saturated carbocycles. The van der Waals surface area contributed by atoms with E-state index in [1.807, 2.05) is 4.90 Å². The van der Waals surface area contributed by atoms with E-state index in [0.717, 1.165) is 62.8 Å². The van der Waals surface area contributed by atoms with Gasteiger partial charge in [0, 0.05) is 50.4 Å². The first-order chi connectivity index (χ1) is 10.8. The van der Waals surface area contributed by atoms with Crippen molar-refractivity contribution in [2.75, 3.05) is 31.1 Å². The molecule has 0 aromatic carbocycles. The van der Waals surface area contributed by atoms with Crippen LogP contribution in [0.1, 0.15) is 50.4 Å². The Kier molecular flexibility index (Phi) is 4.90. The van der Waals surface area contributed by atoms with Crippen LogP contribution in [0, 0.1) is 0 Å². The standard InChI is InChI=1S/C17H26N4O/c1-2-14-13-15(8-12-20-11-6-7-16(20)22)19-17(18-14)21-9-4-3-5-10-21/h13H,2-12H2,1H3. The van der Waals surface area contributed by atoms with Crippen LogP contribution in [0.25, 0.3) is 0 Å². The van der Waals surface area contributed by atoms with E-state index >= 15 is 0 Å². The number of amides is 1. The summed E-state index contributed by atoms with van der Waals surface area (Å²) >= 11 is 0. The van der Waals surface area contributed by atoms with Crippen molar-refractivity contribution in [2.24, 2.45) is 0 Å². The smallest absolute Gasteiger partial charge is 0.225 e. The van der Waals surface area contributed by atoms with Crippen LogP contribution in [0.2, 0.25) is 0 Å². The average Bonchev–Trinajstić information content (AvgIpc) is 2.98. The van der Waals surface area contributed by atoms with Crippen LogP contribution in [0.4, 0.5) is 5.95 Å². The van der Waals surface area contributed by atoms with Gasteiger partial charge in [-0.05, 0) is 38.2 Å². The van der Waals surface area contributed by atoms with Crippen molar-refractivity contribution >= 4 is 11.9 Å². The molecule has 0 spiro atoms. The Morgan fingerprint density at radius 1 is 1.05 bits per heavy atom. The molecule has 0 atom stereocenters. The van der Waals surface area contributed by atoms with E-state index in [9.17, 15) is 4.79 Å². The lowest BCUT2D eigenvalue weighted by Crippen LogP contribution is -2.32. The molecule has 0 unspecified atom stereocenters. The summed E-state index contributed by atoms with van der Waals surface area (Å²) in [5.74, 6) is 1.18. The van der Waals surface area contributed by atoms with Gasteiger partial charge >= 0.3 is 0 Å². The maximum Gasteiger partial charge on any atom is 0.225 e. The maximum absolute atomic E-state index is 11.7. The molecule has 0 N–H and O–H groups in total. The Hall–Kier alpha value is -1.65. The van der Waals surface area contributed by atoms with Gasteiger partial charge in [0.15, 0.2) is 0 Å². The second-order valence-corrected chi connectivity index (χ2v) is 6.29. The van der Waals surface area contributed by atoms with E-state index in [4.69, 9.17) is 9.97 Å². The molecule has 3 rings (SSSR count). The molecule has 2 aliphatic rings. The summed E-state index contributed by atoms with van der Waals surface area (Å²) in [6.07, 6.45) is 7.26. The molecule has 0 aliphatic carbocycles. The predicted molar refractivity (Wildman–Crippen MR) is 87.0 cm³/mol. The number of aryl methyl sites for hydroxylation is 1. The van der Waals surface area contributed by atoms with E-state index in [-0.39, 0.29) is 0 Å². The average molecular weight is 302 g/mol. The van der Waals surface area contributed by atoms with Gasteiger partial charge in [0.2, 0.25) is 11.9 Å². The van der Waals surface area contributed by atoms with Crippen molar-refractivity contribution in [1.29, 1.82) is 0 Å². The Balaban J connectivity index is 1.70. The number of anilines is 1. The zero-order chi connectivity index (χ0) is 15.4. The van der Waals surface area contributed by atoms with E-state index in [1.54, 1.807) is 0 Å². The molecule has 1 amide bonds. The van der Waals surface area contributed by atoms with Gasteiger partial charge in [0.05, 0.1) is 0 Å². The normalized spacial score (nSPS) is 19.0. The van der Waals surface area contributed by atoms with Gasteiger partial charge < -0.3 is 9.80 Å². The third-order valence-corrected chi connectivity index (χ3v) is 4.63. The minimum absolute atomic E-state index is 0.293. The van der Waals surface area contributed by atoms with Crippen LogP contribution < -0.4 is 4.90 Å². The lowest BCUT2D eigenvalue weighted by molar-refractivity contribution is -0.127. The molecule has 1 aromatic heterocycles. The van der Waals surface area contributed by atoms with Crippen molar-refractivity contribution in [3.05, 3.63) is 17.5 Å². The fourth-order valence-electron chi connectivity index (χ4n) is 3.27. The number of nitrogens with zero attached hydrogens (tertiary/aromatic N) is 4. The van der Waals surface area contributed by atoms with Gasteiger partial charge in [-0.3, -0.25) is 4.79 Å². The molecule has 5 heteroatoms. The highest BCUT2D eigenvalue weighted by Crippen LogP contribution is 2.18. The third-order valence-electron chi connectivity index (χ3n) is 4.63. The Bertz CT molecular complexity index is 525. The predicted octanol–water partition coefficient (Wildman–Crippen LogP) is 2.19. The third kappa shape index (κ3) is 3.57. The van der Waals surface area contributed by atoms with Gasteiger partial charge in [-0.2, -0.15) is 0 Å². The van der Waals surface area contributed by atoms with Crippen molar-refractivity contribution in [3.8, 4) is 0 Å². The lowest BCUT2D eigenvalue weighted by atomic mass is 10.1. The molecule has 1 aromatic rings. The molecule has 2 aliphatic heterocycles. The second-order valence-electron chi connectivity index (χ2n) is 6.29. The highest BCUT2D eigenvalue weighted by Gasteiger charge is 2.20. The monoisotopic (exact) mass is 302 g/mol. The minimum atomic E-state index is 0.293. The van der Waals surface area contributed by atoms with Crippen LogP contribution in [-0.2, 0) is 17.6 Å². The Morgan fingerprint density at radius 2 is 1.82 bits per heavy atom. The van der Waals surface area contributed by atoms with Gasteiger partial charge in [0.25, 0.3) is 0 Å². The fraction of sp³-hybridized carbons (Fsp3) is 0.706. The van der Waals surface area contributed by atoms with Gasteiger partial charge in [-0.25, -0.2) is 9.97 Å². The molecular weight excluding hydrogens is 276 g/mol. The molecule has 22 heavy (non-hydrogen) atoms. The minimum Gasteiger partial charge on any atom is -0.342 e. The highest BCUT2D eigenvalue weighted by molar-refractivity contribution is 5.78. The Labute approximate surface area is 132 Å². The van der Waals surface area contributed by atoms with Crippen molar-refractivity contribution < 1.29 is 4.79 Å². The number of carbonyl (C=O) groups excluding carboxylic acids is 1. The Morgan fingerprint density at radius 3 is 2.50 bits per heavy atom. The summed E-state index contributed by atoms with van der Waals surface area (Å²) in [4.78, 5) is 25.5. The largest absolute Gasteiger partial charge is 0.342 e. The summed E-state index contributed by atoms with van der Waals surface area (Å²) in [6, 6.07) is 2.11. The molecule has 2 saturated heterocycles. The number of piperidine rings is 1. The number of likely N-dealkylation sites (tertiary alicyclic amines) is 1. The molecule has 2 fully saturated rings. The van der Waals surface area contributed by atoms with Gasteiger partial charge in [-0.1, -0.05) is 6.92 Å². The van der Waals surface area contributed by atoms with Crippen LogP contribution >= 0.6 is 0 Å². The van der Waals surface area contributed by atoms with Gasteiger partial charge in [-0.15, -0.1) is 0 Å². The second kappa shape index (κ2) is 7.07. The molecule has 5 nitrogen and oxygen atoms in total. The van der Waals surface area contributed by atoms with Crippen molar-refractivity contribution in [3.63, 3.8) is 0 Å². The van der Waals surface area contributed by atoms with Crippen LogP contribution in [-0.4, -0.2) is 47.0 Å². The number of carbonyl (C=O) groups is 1. The van der Waals surface area contributed by atoms with Crippen LogP contribution in [0.15, 0.2) is 6.07 Å². The number of hydrogen-bond acceptors (Lipinski definition) is 4. The van der Waals surface area contributed by atoms with E-state index in [2.05, 4.69) is 17.9 Å². The van der Waals surface area contributed by atoms with Crippen LogP contribution in [0.5, 0.6) is 0 Å². The van der Waals surface area contributed by atoms with Gasteiger partial charge in [0.1, 0.15) is 0 Å². The quantitative estimate of drug-likeness (QED) is 0.836.